The van der Waals surface area contributed by atoms with Gasteiger partial charge < -0.3 is 0 Å². The highest BCUT2D eigenvalue weighted by molar-refractivity contribution is 8.03. The van der Waals surface area contributed by atoms with Crippen LogP contribution >= 0.6 is 23.4 Å². The van der Waals surface area contributed by atoms with Crippen molar-refractivity contribution in [2.45, 2.75) is 11.8 Å². The quantitative estimate of drug-likeness (QED) is 0.423. The molecule has 0 atom stereocenters. The molecule has 0 saturated heterocycles. The molecule has 2 nitrogen and oxygen atoms in total. The summed E-state index contributed by atoms with van der Waals surface area (Å²) in [6.45, 7) is 2.09. The van der Waals surface area contributed by atoms with E-state index in [9.17, 15) is 0 Å². The van der Waals surface area contributed by atoms with E-state index in [2.05, 4.69) is 41.4 Å². The predicted octanol–water partition coefficient (Wildman–Crippen LogP) is 8.09. The summed E-state index contributed by atoms with van der Waals surface area (Å²) in [5.74, 6) is 0. The summed E-state index contributed by atoms with van der Waals surface area (Å²) in [7, 11) is 0. The molecular weight excluding hydrogens is 396 g/mol. The van der Waals surface area contributed by atoms with Crippen molar-refractivity contribution in [3.63, 3.8) is 0 Å². The molecule has 0 unspecified atom stereocenters. The van der Waals surface area contributed by atoms with Crippen LogP contribution in [0.5, 0.6) is 0 Å². The van der Waals surface area contributed by atoms with E-state index in [-0.39, 0.29) is 0 Å². The molecule has 0 radical (unpaired) electrons. The smallest absolute Gasteiger partial charge is 0.111 e. The molecule has 142 valence electrons. The molecule has 3 aromatic carbocycles. The standard InChI is InChI=1S/C25H19ClN2S/c1-18-12-14-21(15-13-18)29-23-17-16-22(26)24(19-8-4-2-5-9-19)27-28-25(23)20-10-6-3-7-11-20/h2-17H,1H3/b17-16-,22-16?,23-17?,24-22-,25-23+,27-24?,28-25?,28-27+. The summed E-state index contributed by atoms with van der Waals surface area (Å²) in [6.07, 6.45) is 3.93. The Kier molecular flexibility index (Phi) is 6.09. The van der Waals surface area contributed by atoms with E-state index in [4.69, 9.17) is 11.6 Å². The molecule has 4 rings (SSSR count). The number of benzene rings is 3. The van der Waals surface area contributed by atoms with Crippen molar-refractivity contribution in [1.29, 1.82) is 0 Å². The molecule has 3 aromatic rings. The van der Waals surface area contributed by atoms with E-state index in [1.165, 1.54) is 5.56 Å². The summed E-state index contributed by atoms with van der Waals surface area (Å²) in [5, 5.41) is 9.76. The molecule has 4 heteroatoms. The van der Waals surface area contributed by atoms with Crippen LogP contribution in [0, 0.1) is 6.92 Å². The minimum atomic E-state index is 0.564. The lowest BCUT2D eigenvalue weighted by molar-refractivity contribution is 1.23. The molecule has 0 spiro atoms. The highest BCUT2D eigenvalue weighted by atomic mass is 35.5. The van der Waals surface area contributed by atoms with E-state index >= 15 is 0 Å². The third kappa shape index (κ3) is 4.76. The van der Waals surface area contributed by atoms with Crippen molar-refractivity contribution in [3.8, 4) is 0 Å². The molecule has 0 saturated carbocycles. The van der Waals surface area contributed by atoms with E-state index < -0.39 is 0 Å². The second kappa shape index (κ2) is 9.08. The van der Waals surface area contributed by atoms with Gasteiger partial charge in [-0.25, -0.2) is 0 Å². The van der Waals surface area contributed by atoms with Crippen LogP contribution in [-0.2, 0) is 0 Å². The monoisotopic (exact) mass is 414 g/mol. The van der Waals surface area contributed by atoms with Crippen LogP contribution in [0.1, 0.15) is 16.7 Å². The Morgan fingerprint density at radius 2 is 1.21 bits per heavy atom. The van der Waals surface area contributed by atoms with Gasteiger partial charge in [0.05, 0.1) is 5.03 Å². The number of halogens is 1. The van der Waals surface area contributed by atoms with E-state index in [0.29, 0.717) is 10.7 Å². The minimum absolute atomic E-state index is 0.564. The molecule has 29 heavy (non-hydrogen) atoms. The number of thioether (sulfide) groups is 1. The van der Waals surface area contributed by atoms with Crippen LogP contribution in [-0.4, -0.2) is 0 Å². The van der Waals surface area contributed by atoms with Crippen LogP contribution in [0.15, 0.2) is 122 Å². The zero-order valence-electron chi connectivity index (χ0n) is 15.9. The lowest BCUT2D eigenvalue weighted by atomic mass is 10.1. The zero-order valence-corrected chi connectivity index (χ0v) is 17.5. The lowest BCUT2D eigenvalue weighted by Crippen LogP contribution is -1.90. The summed E-state index contributed by atoms with van der Waals surface area (Å²) in [5.41, 5.74) is 4.67. The summed E-state index contributed by atoms with van der Waals surface area (Å²) in [6, 6.07) is 28.5. The zero-order chi connectivity index (χ0) is 20.1. The van der Waals surface area contributed by atoms with Crippen molar-refractivity contribution in [2.24, 2.45) is 10.2 Å². The fourth-order valence-electron chi connectivity index (χ4n) is 2.91. The van der Waals surface area contributed by atoms with Gasteiger partial charge in [0, 0.05) is 20.9 Å². The largest absolute Gasteiger partial charge is 0.149 e. The van der Waals surface area contributed by atoms with Crippen molar-refractivity contribution in [1.82, 2.24) is 0 Å². The molecule has 0 N–H and O–H groups in total. The highest BCUT2D eigenvalue weighted by Gasteiger charge is 2.14. The van der Waals surface area contributed by atoms with E-state index in [0.717, 1.165) is 26.6 Å². The van der Waals surface area contributed by atoms with Gasteiger partial charge in [-0.3, -0.25) is 0 Å². The average Bonchev–Trinajstić information content (AvgIpc) is 2.76. The SMILES string of the molecule is Cc1ccc(SC2=C(c3ccccc3)/N=N/C(c3ccccc3)=C(Cl)/C=C\2)cc1. The fraction of sp³-hybridized carbons (Fsp3) is 0.0400. The van der Waals surface area contributed by atoms with Crippen molar-refractivity contribution in [2.75, 3.05) is 0 Å². The molecule has 0 aliphatic carbocycles. The fourth-order valence-corrected chi connectivity index (χ4v) is 4.03. The third-order valence-electron chi connectivity index (χ3n) is 4.43. The van der Waals surface area contributed by atoms with Crippen LogP contribution in [0.4, 0.5) is 0 Å². The van der Waals surface area contributed by atoms with Gasteiger partial charge in [0.25, 0.3) is 0 Å². The highest BCUT2D eigenvalue weighted by Crippen LogP contribution is 2.38. The molecule has 0 aromatic heterocycles. The first-order valence-electron chi connectivity index (χ1n) is 9.30. The number of azo groups is 1. The molecule has 1 heterocycles. The summed E-state index contributed by atoms with van der Waals surface area (Å²) < 4.78 is 0. The molecule has 0 fully saturated rings. The third-order valence-corrected chi connectivity index (χ3v) is 5.80. The number of nitrogens with zero attached hydrogens (tertiary/aromatic N) is 2. The normalized spacial score (nSPS) is 21.3. The van der Waals surface area contributed by atoms with Crippen LogP contribution in [0.2, 0.25) is 0 Å². The van der Waals surface area contributed by atoms with Gasteiger partial charge in [-0.2, -0.15) is 0 Å². The first-order chi connectivity index (χ1) is 14.2. The summed E-state index contributed by atoms with van der Waals surface area (Å²) >= 11 is 8.24. The number of hydrogen-bond donors (Lipinski definition) is 0. The Balaban J connectivity index is 1.79. The Hall–Kier alpha value is -2.88. The van der Waals surface area contributed by atoms with E-state index in [1.54, 1.807) is 11.8 Å². The Morgan fingerprint density at radius 1 is 0.655 bits per heavy atom. The van der Waals surface area contributed by atoms with Gasteiger partial charge in [0.2, 0.25) is 0 Å². The number of aryl methyl sites for hydroxylation is 1. The van der Waals surface area contributed by atoms with Crippen molar-refractivity contribution < 1.29 is 0 Å². The van der Waals surface area contributed by atoms with Crippen molar-refractivity contribution in [3.05, 3.63) is 124 Å². The number of allylic oxidation sites excluding steroid dienone is 3. The molecule has 1 aliphatic rings. The molecule has 0 bridgehead atoms. The van der Waals surface area contributed by atoms with Gasteiger partial charge in [-0.15, -0.1) is 10.2 Å². The summed E-state index contributed by atoms with van der Waals surface area (Å²) in [4.78, 5) is 2.14. The second-order valence-electron chi connectivity index (χ2n) is 6.59. The molecule has 1 aliphatic heterocycles. The van der Waals surface area contributed by atoms with Crippen LogP contribution < -0.4 is 0 Å². The van der Waals surface area contributed by atoms with Gasteiger partial charge >= 0.3 is 0 Å². The first-order valence-corrected chi connectivity index (χ1v) is 10.5. The predicted molar refractivity (Wildman–Crippen MR) is 124 cm³/mol. The molecule has 0 amide bonds. The minimum Gasteiger partial charge on any atom is -0.149 e. The van der Waals surface area contributed by atoms with E-state index in [1.807, 2.05) is 72.8 Å². The Bertz CT molecular complexity index is 1110. The van der Waals surface area contributed by atoms with Gasteiger partial charge in [0.1, 0.15) is 11.4 Å². The lowest BCUT2D eigenvalue weighted by Gasteiger charge is -2.12. The first kappa shape index (κ1) is 19.4. The maximum Gasteiger partial charge on any atom is 0.111 e. The van der Waals surface area contributed by atoms with Gasteiger partial charge in [-0.05, 0) is 31.2 Å². The topological polar surface area (TPSA) is 24.7 Å². The van der Waals surface area contributed by atoms with Gasteiger partial charge in [0.15, 0.2) is 0 Å². The maximum absolute atomic E-state index is 6.58. The van der Waals surface area contributed by atoms with Crippen LogP contribution in [0.25, 0.3) is 11.4 Å². The molecular formula is C25H19ClN2S. The number of hydrogen-bond acceptors (Lipinski definition) is 3. The Morgan fingerprint density at radius 3 is 1.83 bits per heavy atom. The second-order valence-corrected chi connectivity index (χ2v) is 8.11. The number of rotatable bonds is 4. The average molecular weight is 415 g/mol. The van der Waals surface area contributed by atoms with Gasteiger partial charge in [-0.1, -0.05) is 102 Å². The Labute approximate surface area is 180 Å². The van der Waals surface area contributed by atoms with Crippen LogP contribution in [0.3, 0.4) is 0 Å². The maximum atomic E-state index is 6.58. The van der Waals surface area contributed by atoms with Crippen molar-refractivity contribution >= 4 is 34.8 Å².